The highest BCUT2D eigenvalue weighted by molar-refractivity contribution is 5.14. The average molecular weight is 258 g/mol. The van der Waals surface area contributed by atoms with E-state index in [2.05, 4.69) is 0 Å². The molecule has 1 saturated heterocycles. The highest BCUT2D eigenvalue weighted by atomic mass is 19.4. The second-order valence-electron chi connectivity index (χ2n) is 4.82. The maximum atomic E-state index is 12.8. The number of nitrogens with two attached hydrogens (primary N) is 1. The predicted octanol–water partition coefficient (Wildman–Crippen LogP) is 2.40. The average Bonchev–Trinajstić information content (AvgIpc) is 2.31. The molecule has 2 nitrogen and oxygen atoms in total. The van der Waals surface area contributed by atoms with Gasteiger partial charge >= 0.3 is 6.18 Å². The molecule has 1 aliphatic rings. The minimum Gasteiger partial charge on any atom is -0.327 e. The second kappa shape index (κ2) is 5.28. The smallest absolute Gasteiger partial charge is 0.327 e. The summed E-state index contributed by atoms with van der Waals surface area (Å²) >= 11 is 0. The van der Waals surface area contributed by atoms with Gasteiger partial charge in [-0.25, -0.2) is 0 Å². The number of alkyl halides is 3. The topological polar surface area (TPSA) is 29.3 Å². The highest BCUT2D eigenvalue weighted by Gasteiger charge is 2.45. The van der Waals surface area contributed by atoms with Crippen LogP contribution in [0.2, 0.25) is 0 Å². The Bertz CT molecular complexity index is 378. The lowest BCUT2D eigenvalue weighted by Crippen LogP contribution is -2.52. The molecule has 2 N–H and O–H groups in total. The van der Waals surface area contributed by atoms with Gasteiger partial charge in [-0.15, -0.1) is 0 Å². The van der Waals surface area contributed by atoms with E-state index >= 15 is 0 Å². The zero-order valence-electron chi connectivity index (χ0n) is 10.0. The third kappa shape index (κ3) is 3.23. The molecule has 1 heterocycles. The summed E-state index contributed by atoms with van der Waals surface area (Å²) in [5.41, 5.74) is 6.61. The van der Waals surface area contributed by atoms with Gasteiger partial charge in [0.1, 0.15) is 0 Å². The van der Waals surface area contributed by atoms with Crippen LogP contribution in [0.5, 0.6) is 0 Å². The van der Waals surface area contributed by atoms with Crippen LogP contribution in [0.3, 0.4) is 0 Å². The summed E-state index contributed by atoms with van der Waals surface area (Å²) in [4.78, 5) is 1.83. The summed E-state index contributed by atoms with van der Waals surface area (Å²) in [5.74, 6) is -1.41. The fraction of sp³-hybridized carbons (Fsp3) is 0.538. The van der Waals surface area contributed by atoms with Crippen molar-refractivity contribution >= 4 is 0 Å². The van der Waals surface area contributed by atoms with Crippen molar-refractivity contribution in [2.45, 2.75) is 25.2 Å². The summed E-state index contributed by atoms with van der Waals surface area (Å²) in [6.45, 7) is 1.18. The quantitative estimate of drug-likeness (QED) is 0.882. The molecule has 1 aliphatic heterocycles. The monoisotopic (exact) mass is 258 g/mol. The summed E-state index contributed by atoms with van der Waals surface area (Å²) in [5, 5.41) is 0. The number of piperidine rings is 1. The van der Waals surface area contributed by atoms with Crippen LogP contribution in [0.25, 0.3) is 0 Å². The Balaban J connectivity index is 2.00. The molecule has 1 fully saturated rings. The van der Waals surface area contributed by atoms with Crippen LogP contribution in [0.15, 0.2) is 30.3 Å². The number of nitrogens with zero attached hydrogens (tertiary/aromatic N) is 1. The van der Waals surface area contributed by atoms with Gasteiger partial charge in [-0.1, -0.05) is 30.3 Å². The van der Waals surface area contributed by atoms with Gasteiger partial charge in [0.2, 0.25) is 0 Å². The maximum absolute atomic E-state index is 12.8. The van der Waals surface area contributed by atoms with Gasteiger partial charge in [-0.3, -0.25) is 4.90 Å². The number of hydrogen-bond acceptors (Lipinski definition) is 2. The van der Waals surface area contributed by atoms with Crippen molar-refractivity contribution in [3.05, 3.63) is 35.9 Å². The first kappa shape index (κ1) is 13.4. The molecule has 0 aromatic heterocycles. The molecule has 18 heavy (non-hydrogen) atoms. The van der Waals surface area contributed by atoms with Crippen molar-refractivity contribution < 1.29 is 13.2 Å². The van der Waals surface area contributed by atoms with Crippen LogP contribution in [0.4, 0.5) is 13.2 Å². The van der Waals surface area contributed by atoms with E-state index in [4.69, 9.17) is 5.73 Å². The molecule has 0 spiro atoms. The fourth-order valence-corrected chi connectivity index (χ4v) is 2.37. The molecule has 0 unspecified atom stereocenters. The molecular weight excluding hydrogens is 241 g/mol. The van der Waals surface area contributed by atoms with Gasteiger partial charge < -0.3 is 5.73 Å². The van der Waals surface area contributed by atoms with E-state index in [0.29, 0.717) is 19.5 Å². The Hall–Kier alpha value is -1.07. The van der Waals surface area contributed by atoms with Gasteiger partial charge in [-0.2, -0.15) is 13.2 Å². The molecule has 0 bridgehead atoms. The van der Waals surface area contributed by atoms with E-state index in [1.165, 1.54) is 0 Å². The van der Waals surface area contributed by atoms with Gasteiger partial charge in [0.25, 0.3) is 0 Å². The minimum absolute atomic E-state index is 0.000436. The molecule has 0 saturated carbocycles. The molecular formula is C13H17F3N2. The molecule has 100 valence electrons. The molecule has 2 rings (SSSR count). The van der Waals surface area contributed by atoms with E-state index in [1.807, 2.05) is 35.2 Å². The summed E-state index contributed by atoms with van der Waals surface area (Å²) in [6.07, 6.45) is -3.80. The van der Waals surface area contributed by atoms with E-state index < -0.39 is 18.1 Å². The number of rotatable bonds is 2. The standard InChI is InChI=1S/C13H17F3N2/c14-13(15,16)11-9-18(7-6-12(11)17)8-10-4-2-1-3-5-10/h1-5,11-12H,6-9,17H2/t11-,12-/m0/s1. The van der Waals surface area contributed by atoms with E-state index in [-0.39, 0.29) is 6.54 Å². The molecule has 2 atom stereocenters. The van der Waals surface area contributed by atoms with Crippen LogP contribution in [-0.2, 0) is 6.54 Å². The Morgan fingerprint density at radius 3 is 2.50 bits per heavy atom. The Morgan fingerprint density at radius 1 is 1.22 bits per heavy atom. The molecule has 0 aliphatic carbocycles. The van der Waals surface area contributed by atoms with Crippen molar-refractivity contribution in [1.29, 1.82) is 0 Å². The SMILES string of the molecule is N[C@H]1CCN(Cc2ccccc2)C[C@@H]1C(F)(F)F. The van der Waals surface area contributed by atoms with E-state index in [0.717, 1.165) is 5.56 Å². The minimum atomic E-state index is -4.20. The molecule has 1 aromatic rings. The van der Waals surface area contributed by atoms with Crippen molar-refractivity contribution in [2.24, 2.45) is 11.7 Å². The zero-order valence-corrected chi connectivity index (χ0v) is 10.0. The van der Waals surface area contributed by atoms with Gasteiger partial charge in [-0.05, 0) is 18.5 Å². The van der Waals surface area contributed by atoms with Crippen molar-refractivity contribution in [3.63, 3.8) is 0 Å². The largest absolute Gasteiger partial charge is 0.394 e. The number of hydrogen-bond donors (Lipinski definition) is 1. The first-order valence-electron chi connectivity index (χ1n) is 6.05. The number of likely N-dealkylation sites (tertiary alicyclic amines) is 1. The maximum Gasteiger partial charge on any atom is 0.394 e. The predicted molar refractivity (Wildman–Crippen MR) is 63.9 cm³/mol. The molecule has 1 aromatic carbocycles. The van der Waals surface area contributed by atoms with Gasteiger partial charge in [0, 0.05) is 19.1 Å². The Kier molecular flexibility index (Phi) is 3.92. The van der Waals surface area contributed by atoms with Gasteiger partial charge in [0.15, 0.2) is 0 Å². The molecule has 0 radical (unpaired) electrons. The summed E-state index contributed by atoms with van der Waals surface area (Å²) in [6, 6.07) is 8.78. The lowest BCUT2D eigenvalue weighted by molar-refractivity contribution is -0.191. The van der Waals surface area contributed by atoms with Crippen LogP contribution in [0.1, 0.15) is 12.0 Å². The number of benzene rings is 1. The summed E-state index contributed by atoms with van der Waals surface area (Å²) in [7, 11) is 0. The Labute approximate surface area is 105 Å². The van der Waals surface area contributed by atoms with Crippen molar-refractivity contribution in [1.82, 2.24) is 4.90 Å². The van der Waals surface area contributed by atoms with Crippen molar-refractivity contribution in [3.8, 4) is 0 Å². The van der Waals surface area contributed by atoms with Crippen LogP contribution in [-0.4, -0.2) is 30.2 Å². The van der Waals surface area contributed by atoms with E-state index in [9.17, 15) is 13.2 Å². The highest BCUT2D eigenvalue weighted by Crippen LogP contribution is 2.32. The molecule has 0 amide bonds. The first-order valence-corrected chi connectivity index (χ1v) is 6.05. The van der Waals surface area contributed by atoms with Crippen LogP contribution >= 0.6 is 0 Å². The van der Waals surface area contributed by atoms with E-state index in [1.54, 1.807) is 0 Å². The van der Waals surface area contributed by atoms with Crippen molar-refractivity contribution in [2.75, 3.05) is 13.1 Å². The Morgan fingerprint density at radius 2 is 1.89 bits per heavy atom. The van der Waals surface area contributed by atoms with Gasteiger partial charge in [0.05, 0.1) is 5.92 Å². The zero-order chi connectivity index (χ0) is 13.2. The van der Waals surface area contributed by atoms with Crippen LogP contribution < -0.4 is 5.73 Å². The normalized spacial score (nSPS) is 26.2. The van der Waals surface area contributed by atoms with Crippen LogP contribution in [0, 0.1) is 5.92 Å². The first-order chi connectivity index (χ1) is 8.47. The lowest BCUT2D eigenvalue weighted by atomic mass is 9.92. The third-order valence-corrected chi connectivity index (χ3v) is 3.42. The lowest BCUT2D eigenvalue weighted by Gasteiger charge is -2.37. The molecule has 5 heteroatoms. The number of halogens is 3. The second-order valence-corrected chi connectivity index (χ2v) is 4.82. The third-order valence-electron chi connectivity index (χ3n) is 3.42. The fourth-order valence-electron chi connectivity index (χ4n) is 2.37. The summed E-state index contributed by atoms with van der Waals surface area (Å²) < 4.78 is 38.4.